The number of anilines is 2. The number of fused-ring (bicyclic) bond motifs is 1. The molecule has 5 heterocycles. The average molecular weight is 535 g/mol. The number of carbonyl (C=O) groups excluding carboxylic acids is 1. The lowest BCUT2D eigenvalue weighted by Crippen LogP contribution is -2.39. The zero-order valence-electron chi connectivity index (χ0n) is 21.6. The highest BCUT2D eigenvalue weighted by Gasteiger charge is 2.28. The van der Waals surface area contributed by atoms with Crippen molar-refractivity contribution >= 4 is 34.0 Å². The van der Waals surface area contributed by atoms with Crippen LogP contribution >= 0.6 is 11.3 Å². The first-order valence-corrected chi connectivity index (χ1v) is 14.0. The van der Waals surface area contributed by atoms with Crippen LogP contribution in [0, 0.1) is 5.82 Å². The monoisotopic (exact) mass is 534 g/mol. The van der Waals surface area contributed by atoms with E-state index in [1.807, 2.05) is 12.4 Å². The van der Waals surface area contributed by atoms with Crippen LogP contribution in [0.4, 0.5) is 20.1 Å². The number of hydrogen-bond acceptors (Lipinski definition) is 7. The van der Waals surface area contributed by atoms with Crippen molar-refractivity contribution in [2.45, 2.75) is 38.2 Å². The average Bonchev–Trinajstić information content (AvgIpc) is 3.67. The molecule has 1 aromatic carbocycles. The number of nitrogens with one attached hydrogen (secondary N) is 1. The van der Waals surface area contributed by atoms with Crippen LogP contribution in [0.2, 0.25) is 0 Å². The van der Waals surface area contributed by atoms with E-state index in [1.165, 1.54) is 17.7 Å². The number of piperidine rings is 1. The van der Waals surface area contributed by atoms with Crippen molar-refractivity contribution in [3.8, 4) is 11.3 Å². The second-order valence-corrected chi connectivity index (χ2v) is 10.8. The summed E-state index contributed by atoms with van der Waals surface area (Å²) in [6.45, 7) is 5.47. The highest BCUT2D eigenvalue weighted by Crippen LogP contribution is 2.35. The van der Waals surface area contributed by atoms with Crippen molar-refractivity contribution in [3.05, 3.63) is 65.0 Å². The topological polar surface area (TPSA) is 75.0 Å². The number of halogens is 1. The number of amides is 1. The van der Waals surface area contributed by atoms with Crippen LogP contribution in [0.15, 0.2) is 48.0 Å². The molecule has 8 nitrogen and oxygen atoms in total. The maximum Gasteiger partial charge on any atom is 0.407 e. The van der Waals surface area contributed by atoms with Crippen molar-refractivity contribution in [2.75, 3.05) is 38.1 Å². The largest absolute Gasteiger partial charge is 0.443 e. The Kier molecular flexibility index (Phi) is 6.75. The number of ether oxygens (including phenoxy) is 1. The summed E-state index contributed by atoms with van der Waals surface area (Å²) in [4.78, 5) is 25.6. The number of carbonyl (C=O) groups is 1. The highest BCUT2D eigenvalue weighted by atomic mass is 32.1. The smallest absolute Gasteiger partial charge is 0.407 e. The minimum absolute atomic E-state index is 0.0543. The molecule has 2 aliphatic rings. The van der Waals surface area contributed by atoms with Gasteiger partial charge in [-0.2, -0.15) is 0 Å². The Bertz CT molecular complexity index is 1440. The van der Waals surface area contributed by atoms with Gasteiger partial charge in [0, 0.05) is 30.7 Å². The molecule has 3 aromatic heterocycles. The SMILES string of the molecule is CCc1nc2ccc(C3CCN(CC4CNC(=O)O4)CC3)cn2c1N(C)c1nc(-c2ccc(F)cc2)cs1. The number of benzene rings is 1. The van der Waals surface area contributed by atoms with Gasteiger partial charge in [-0.25, -0.2) is 19.2 Å². The van der Waals surface area contributed by atoms with Crippen LogP contribution in [0.5, 0.6) is 0 Å². The standard InChI is InChI=1S/C28H31FN6O2S/c1-3-23-26(33(2)27-32-24(17-38-27)19-4-7-21(29)8-5-19)35-15-20(6-9-25(35)31-23)18-10-12-34(13-11-18)16-22-14-30-28(36)37-22/h4-9,15,17-18,22H,3,10-14,16H2,1-2H3,(H,30,36). The number of likely N-dealkylation sites (tertiary alicyclic amines) is 1. The predicted molar refractivity (Wildman–Crippen MR) is 147 cm³/mol. The molecule has 0 aliphatic carbocycles. The van der Waals surface area contributed by atoms with Gasteiger partial charge in [-0.15, -0.1) is 11.3 Å². The van der Waals surface area contributed by atoms with E-state index in [4.69, 9.17) is 14.7 Å². The van der Waals surface area contributed by atoms with Crippen molar-refractivity contribution < 1.29 is 13.9 Å². The Labute approximate surface area is 225 Å². The molecule has 4 aromatic rings. The van der Waals surface area contributed by atoms with E-state index in [1.54, 1.807) is 23.5 Å². The van der Waals surface area contributed by atoms with Gasteiger partial charge in [0.15, 0.2) is 5.13 Å². The van der Waals surface area contributed by atoms with Crippen molar-refractivity contribution in [1.82, 2.24) is 24.6 Å². The van der Waals surface area contributed by atoms with Crippen molar-refractivity contribution in [2.24, 2.45) is 0 Å². The number of cyclic esters (lactones) is 1. The molecular formula is C28H31FN6O2S. The molecule has 38 heavy (non-hydrogen) atoms. The fraction of sp³-hybridized carbons (Fsp3) is 0.393. The third kappa shape index (κ3) is 4.86. The Morgan fingerprint density at radius 1 is 1.16 bits per heavy atom. The number of aromatic nitrogens is 3. The normalized spacial score (nSPS) is 18.6. The van der Waals surface area contributed by atoms with Crippen LogP contribution in [-0.4, -0.2) is 64.7 Å². The van der Waals surface area contributed by atoms with E-state index in [-0.39, 0.29) is 18.0 Å². The number of hydrogen-bond donors (Lipinski definition) is 1. The first-order valence-electron chi connectivity index (χ1n) is 13.1. The molecule has 10 heteroatoms. The molecule has 1 N–H and O–H groups in total. The number of aryl methyl sites for hydroxylation is 1. The van der Waals surface area contributed by atoms with Crippen LogP contribution < -0.4 is 10.2 Å². The molecular weight excluding hydrogens is 503 g/mol. The van der Waals surface area contributed by atoms with Gasteiger partial charge in [0.2, 0.25) is 0 Å². The maximum atomic E-state index is 13.4. The Hall–Kier alpha value is -3.50. The lowest BCUT2D eigenvalue weighted by atomic mass is 9.90. The summed E-state index contributed by atoms with van der Waals surface area (Å²) in [6, 6.07) is 10.8. The van der Waals surface area contributed by atoms with Gasteiger partial charge < -0.3 is 15.0 Å². The molecule has 0 saturated carbocycles. The third-order valence-electron chi connectivity index (χ3n) is 7.53. The zero-order valence-corrected chi connectivity index (χ0v) is 22.4. The van der Waals surface area contributed by atoms with Gasteiger partial charge in [0.1, 0.15) is 23.4 Å². The lowest BCUT2D eigenvalue weighted by molar-refractivity contribution is 0.0974. The Balaban J connectivity index is 1.22. The number of rotatable bonds is 7. The molecule has 1 atom stereocenters. The first-order chi connectivity index (χ1) is 18.5. The van der Waals surface area contributed by atoms with E-state index in [0.29, 0.717) is 12.5 Å². The molecule has 2 saturated heterocycles. The number of imidazole rings is 1. The van der Waals surface area contributed by atoms with Crippen LogP contribution in [-0.2, 0) is 11.2 Å². The predicted octanol–water partition coefficient (Wildman–Crippen LogP) is 5.22. The minimum Gasteiger partial charge on any atom is -0.443 e. The molecule has 0 spiro atoms. The second kappa shape index (κ2) is 10.3. The van der Waals surface area contributed by atoms with Gasteiger partial charge in [-0.05, 0) is 74.2 Å². The van der Waals surface area contributed by atoms with Crippen LogP contribution in [0.1, 0.15) is 36.9 Å². The number of pyridine rings is 1. The summed E-state index contributed by atoms with van der Waals surface area (Å²) >= 11 is 1.57. The van der Waals surface area contributed by atoms with Crippen LogP contribution in [0.3, 0.4) is 0 Å². The van der Waals surface area contributed by atoms with E-state index in [9.17, 15) is 9.18 Å². The van der Waals surface area contributed by atoms with Gasteiger partial charge in [-0.1, -0.05) is 13.0 Å². The third-order valence-corrected chi connectivity index (χ3v) is 8.44. The Morgan fingerprint density at radius 2 is 1.95 bits per heavy atom. The summed E-state index contributed by atoms with van der Waals surface area (Å²) in [5.41, 5.74) is 4.99. The number of nitrogens with zero attached hydrogens (tertiary/aromatic N) is 5. The fourth-order valence-corrected chi connectivity index (χ4v) is 6.27. The Morgan fingerprint density at radius 3 is 2.66 bits per heavy atom. The van der Waals surface area contributed by atoms with Crippen molar-refractivity contribution in [3.63, 3.8) is 0 Å². The van der Waals surface area contributed by atoms with Crippen LogP contribution in [0.25, 0.3) is 16.9 Å². The summed E-state index contributed by atoms with van der Waals surface area (Å²) < 4.78 is 20.9. The van der Waals surface area contributed by atoms with Crippen molar-refractivity contribution in [1.29, 1.82) is 0 Å². The van der Waals surface area contributed by atoms with E-state index < -0.39 is 0 Å². The molecule has 198 valence electrons. The number of alkyl carbamates (subject to hydrolysis) is 1. The molecule has 6 rings (SSSR count). The summed E-state index contributed by atoms with van der Waals surface area (Å²) in [5, 5.41) is 5.61. The molecule has 0 radical (unpaired) electrons. The molecule has 0 bridgehead atoms. The highest BCUT2D eigenvalue weighted by molar-refractivity contribution is 7.14. The van der Waals surface area contributed by atoms with E-state index in [0.717, 1.165) is 72.4 Å². The quantitative estimate of drug-likeness (QED) is 0.351. The number of thiazole rings is 1. The first kappa shape index (κ1) is 24.8. The second-order valence-electron chi connectivity index (χ2n) is 9.99. The molecule has 1 amide bonds. The summed E-state index contributed by atoms with van der Waals surface area (Å²) in [7, 11) is 2.03. The minimum atomic E-state index is -0.310. The molecule has 1 unspecified atom stereocenters. The summed E-state index contributed by atoms with van der Waals surface area (Å²) in [6.07, 6.45) is 4.81. The summed E-state index contributed by atoms with van der Waals surface area (Å²) in [5.74, 6) is 1.24. The fourth-order valence-electron chi connectivity index (χ4n) is 5.46. The zero-order chi connectivity index (χ0) is 26.2. The van der Waals surface area contributed by atoms with Gasteiger partial charge >= 0.3 is 6.09 Å². The maximum absolute atomic E-state index is 13.4. The van der Waals surface area contributed by atoms with E-state index >= 15 is 0 Å². The molecule has 2 fully saturated rings. The van der Waals surface area contributed by atoms with Gasteiger partial charge in [-0.3, -0.25) is 9.30 Å². The van der Waals surface area contributed by atoms with E-state index in [2.05, 4.69) is 44.8 Å². The lowest BCUT2D eigenvalue weighted by Gasteiger charge is -2.33. The molecule has 2 aliphatic heterocycles. The van der Waals surface area contributed by atoms with Gasteiger partial charge in [0.05, 0.1) is 17.9 Å². The van der Waals surface area contributed by atoms with Gasteiger partial charge in [0.25, 0.3) is 0 Å².